The highest BCUT2D eigenvalue weighted by Crippen LogP contribution is 2.41. The van der Waals surface area contributed by atoms with Crippen molar-refractivity contribution in [3.63, 3.8) is 0 Å². The molecule has 1 heteroatoms. The van der Waals surface area contributed by atoms with Gasteiger partial charge in [0.15, 0.2) is 5.78 Å². The lowest BCUT2D eigenvalue weighted by Crippen LogP contribution is -2.27. The smallest absolute Gasteiger partial charge is 0.169 e. The number of carbonyl (C=O) groups excluding carboxylic acids is 1. The molecule has 0 saturated heterocycles. The van der Waals surface area contributed by atoms with Crippen molar-refractivity contribution in [2.75, 3.05) is 0 Å². The number of carbonyl (C=O) groups is 1. The average Bonchev–Trinajstić information content (AvgIpc) is 2.81. The van der Waals surface area contributed by atoms with Gasteiger partial charge in [-0.15, -0.1) is 0 Å². The Kier molecular flexibility index (Phi) is 3.74. The van der Waals surface area contributed by atoms with Crippen molar-refractivity contribution in [2.45, 2.75) is 39.0 Å². The lowest BCUT2D eigenvalue weighted by atomic mass is 9.80. The van der Waals surface area contributed by atoms with Crippen LogP contribution in [0.1, 0.15) is 42.0 Å². The molecule has 112 valence electrons. The summed E-state index contributed by atoms with van der Waals surface area (Å²) in [4.78, 5) is 13.0. The standard InChI is InChI=1S/C21H22O/c1-15-8-7-9-16(2)19(15)14-17-12-13-21(3,20(17)22)18-10-5-4-6-11-18/h4-11,14H,12-13H2,1-3H3. The molecule has 3 rings (SSSR count). The minimum atomic E-state index is -0.371. The van der Waals surface area contributed by atoms with Gasteiger partial charge in [0.1, 0.15) is 0 Å². The molecule has 1 unspecified atom stereocenters. The van der Waals surface area contributed by atoms with E-state index in [1.54, 1.807) is 0 Å². The molecular formula is C21H22O. The quantitative estimate of drug-likeness (QED) is 0.711. The van der Waals surface area contributed by atoms with Crippen LogP contribution in [0.3, 0.4) is 0 Å². The maximum Gasteiger partial charge on any atom is 0.169 e. The third-order valence-corrected chi connectivity index (χ3v) is 4.96. The van der Waals surface area contributed by atoms with Crippen LogP contribution < -0.4 is 0 Å². The minimum absolute atomic E-state index is 0.279. The molecule has 0 heterocycles. The Bertz CT molecular complexity index is 720. The maximum absolute atomic E-state index is 13.0. The van der Waals surface area contributed by atoms with E-state index in [0.717, 1.165) is 24.0 Å². The molecule has 0 aromatic heterocycles. The third-order valence-electron chi connectivity index (χ3n) is 4.96. The zero-order valence-corrected chi connectivity index (χ0v) is 13.5. The molecule has 1 aliphatic rings. The first kappa shape index (κ1) is 14.8. The lowest BCUT2D eigenvalue weighted by Gasteiger charge is -2.22. The first-order valence-corrected chi connectivity index (χ1v) is 7.89. The van der Waals surface area contributed by atoms with E-state index in [2.05, 4.69) is 57.2 Å². The van der Waals surface area contributed by atoms with E-state index in [-0.39, 0.29) is 11.2 Å². The second kappa shape index (κ2) is 5.57. The number of ketones is 1. The van der Waals surface area contributed by atoms with E-state index in [1.165, 1.54) is 16.7 Å². The molecule has 22 heavy (non-hydrogen) atoms. The van der Waals surface area contributed by atoms with Crippen molar-refractivity contribution in [3.05, 3.63) is 76.4 Å². The Morgan fingerprint density at radius 2 is 1.59 bits per heavy atom. The summed E-state index contributed by atoms with van der Waals surface area (Å²) in [6.45, 7) is 6.29. The zero-order chi connectivity index (χ0) is 15.7. The van der Waals surface area contributed by atoms with Crippen molar-refractivity contribution in [1.29, 1.82) is 0 Å². The largest absolute Gasteiger partial charge is 0.294 e. The summed E-state index contributed by atoms with van der Waals surface area (Å²) in [5, 5.41) is 0. The SMILES string of the molecule is Cc1cccc(C)c1C=C1CCC(C)(c2ccccc2)C1=O. The van der Waals surface area contributed by atoms with Crippen LogP contribution >= 0.6 is 0 Å². The second-order valence-electron chi connectivity index (χ2n) is 6.50. The molecule has 1 fully saturated rings. The van der Waals surface area contributed by atoms with E-state index in [0.29, 0.717) is 0 Å². The fourth-order valence-electron chi connectivity index (χ4n) is 3.41. The predicted octanol–water partition coefficient (Wildman–Crippen LogP) is 5.01. The first-order valence-electron chi connectivity index (χ1n) is 7.89. The molecule has 0 radical (unpaired) electrons. The van der Waals surface area contributed by atoms with Crippen LogP contribution in [-0.2, 0) is 10.2 Å². The van der Waals surface area contributed by atoms with Crippen LogP contribution in [-0.4, -0.2) is 5.78 Å². The van der Waals surface area contributed by atoms with E-state index in [4.69, 9.17) is 0 Å². The predicted molar refractivity (Wildman–Crippen MR) is 91.9 cm³/mol. The zero-order valence-electron chi connectivity index (χ0n) is 13.5. The Labute approximate surface area is 132 Å². The van der Waals surface area contributed by atoms with Gasteiger partial charge in [-0.25, -0.2) is 0 Å². The number of rotatable bonds is 2. The fraction of sp³-hybridized carbons (Fsp3) is 0.286. The molecule has 0 aliphatic heterocycles. The van der Waals surface area contributed by atoms with Crippen molar-refractivity contribution < 1.29 is 4.79 Å². The normalized spacial score (nSPS) is 23.2. The molecule has 1 nitrogen and oxygen atoms in total. The Balaban J connectivity index is 1.99. The summed E-state index contributed by atoms with van der Waals surface area (Å²) in [5.41, 5.74) is 5.38. The highest BCUT2D eigenvalue weighted by Gasteiger charge is 2.41. The van der Waals surface area contributed by atoms with Gasteiger partial charge in [-0.2, -0.15) is 0 Å². The molecule has 0 amide bonds. The van der Waals surface area contributed by atoms with E-state index in [1.807, 2.05) is 18.2 Å². The minimum Gasteiger partial charge on any atom is -0.294 e. The number of aryl methyl sites for hydroxylation is 2. The molecule has 1 saturated carbocycles. The second-order valence-corrected chi connectivity index (χ2v) is 6.50. The van der Waals surface area contributed by atoms with Gasteiger partial charge in [-0.3, -0.25) is 4.79 Å². The summed E-state index contributed by atoms with van der Waals surface area (Å²) < 4.78 is 0. The monoisotopic (exact) mass is 290 g/mol. The summed E-state index contributed by atoms with van der Waals surface area (Å²) in [6.07, 6.45) is 3.87. The first-order chi connectivity index (χ1) is 10.5. The van der Waals surface area contributed by atoms with E-state index < -0.39 is 0 Å². The van der Waals surface area contributed by atoms with Crippen molar-refractivity contribution in [2.24, 2.45) is 0 Å². The van der Waals surface area contributed by atoms with Crippen LogP contribution in [0.5, 0.6) is 0 Å². The van der Waals surface area contributed by atoms with Gasteiger partial charge in [-0.1, -0.05) is 48.5 Å². The van der Waals surface area contributed by atoms with Crippen LogP contribution in [0.15, 0.2) is 54.1 Å². The van der Waals surface area contributed by atoms with Crippen molar-refractivity contribution >= 4 is 11.9 Å². The highest BCUT2D eigenvalue weighted by atomic mass is 16.1. The molecular weight excluding hydrogens is 268 g/mol. The Morgan fingerprint density at radius 3 is 2.23 bits per heavy atom. The molecule has 2 aromatic carbocycles. The van der Waals surface area contributed by atoms with Crippen LogP contribution in [0.25, 0.3) is 6.08 Å². The number of hydrogen-bond donors (Lipinski definition) is 0. The summed E-state index contributed by atoms with van der Waals surface area (Å²) in [7, 11) is 0. The van der Waals surface area contributed by atoms with E-state index in [9.17, 15) is 4.79 Å². The summed E-state index contributed by atoms with van der Waals surface area (Å²) >= 11 is 0. The molecule has 0 N–H and O–H groups in total. The number of hydrogen-bond acceptors (Lipinski definition) is 1. The molecule has 0 bridgehead atoms. The molecule has 1 aliphatic carbocycles. The van der Waals surface area contributed by atoms with Gasteiger partial charge < -0.3 is 0 Å². The maximum atomic E-state index is 13.0. The van der Waals surface area contributed by atoms with Gasteiger partial charge in [-0.05, 0) is 67.5 Å². The van der Waals surface area contributed by atoms with Crippen LogP contribution in [0.4, 0.5) is 0 Å². The fourth-order valence-corrected chi connectivity index (χ4v) is 3.41. The number of Topliss-reactive ketones (excluding diaryl/α,β-unsaturated/α-hetero) is 1. The Hall–Kier alpha value is -2.15. The lowest BCUT2D eigenvalue weighted by molar-refractivity contribution is -0.118. The van der Waals surface area contributed by atoms with Gasteiger partial charge in [0.25, 0.3) is 0 Å². The average molecular weight is 290 g/mol. The van der Waals surface area contributed by atoms with Crippen LogP contribution in [0, 0.1) is 13.8 Å². The van der Waals surface area contributed by atoms with Crippen LogP contribution in [0.2, 0.25) is 0 Å². The van der Waals surface area contributed by atoms with Gasteiger partial charge in [0.05, 0.1) is 5.41 Å². The van der Waals surface area contributed by atoms with Gasteiger partial charge in [0, 0.05) is 0 Å². The third kappa shape index (κ3) is 2.41. The number of benzene rings is 2. The van der Waals surface area contributed by atoms with Crippen molar-refractivity contribution in [3.8, 4) is 0 Å². The molecule has 0 spiro atoms. The van der Waals surface area contributed by atoms with Gasteiger partial charge in [0.2, 0.25) is 0 Å². The van der Waals surface area contributed by atoms with Crippen molar-refractivity contribution in [1.82, 2.24) is 0 Å². The molecule has 2 aromatic rings. The highest BCUT2D eigenvalue weighted by molar-refractivity contribution is 6.08. The summed E-state index contributed by atoms with van der Waals surface area (Å²) in [6, 6.07) is 16.4. The molecule has 1 atom stereocenters. The summed E-state index contributed by atoms with van der Waals surface area (Å²) in [5.74, 6) is 0.279. The van der Waals surface area contributed by atoms with Gasteiger partial charge >= 0.3 is 0 Å². The van der Waals surface area contributed by atoms with E-state index >= 15 is 0 Å². The number of allylic oxidation sites excluding steroid dienone is 1. The Morgan fingerprint density at radius 1 is 0.955 bits per heavy atom. The topological polar surface area (TPSA) is 17.1 Å².